The maximum atomic E-state index is 11.4. The summed E-state index contributed by atoms with van der Waals surface area (Å²) in [6, 6.07) is 3.95. The van der Waals surface area contributed by atoms with Crippen molar-refractivity contribution in [2.75, 3.05) is 25.1 Å². The molecule has 2 unspecified atom stereocenters. The van der Waals surface area contributed by atoms with Gasteiger partial charge in [-0.1, -0.05) is 6.92 Å². The molecule has 1 N–H and O–H groups in total. The van der Waals surface area contributed by atoms with Gasteiger partial charge in [0, 0.05) is 32.3 Å². The first-order chi connectivity index (χ1) is 9.93. The number of methoxy groups -OCH3 is 1. The molecule has 1 aromatic rings. The molecule has 0 aliphatic carbocycles. The third-order valence-corrected chi connectivity index (χ3v) is 3.95. The summed E-state index contributed by atoms with van der Waals surface area (Å²) >= 11 is 0. The highest BCUT2D eigenvalue weighted by atomic mass is 16.6. The third kappa shape index (κ3) is 3.13. The summed E-state index contributed by atoms with van der Waals surface area (Å²) in [5.74, 6) is -0.765. The van der Waals surface area contributed by atoms with Gasteiger partial charge in [-0.3, -0.25) is 10.1 Å². The molecule has 21 heavy (non-hydrogen) atoms. The third-order valence-electron chi connectivity index (χ3n) is 3.95. The smallest absolute Gasteiger partial charge is 0.338 e. The molecular formula is C14H18N2O5. The maximum Gasteiger partial charge on any atom is 0.338 e. The Bertz CT molecular complexity index is 560. The van der Waals surface area contributed by atoms with Crippen LogP contribution in [0, 0.1) is 16.0 Å². The standard InChI is InChI=1S/C14H18N2O5/c1-9-5-6-15(8-13(9)21-2)12-4-3-10(16(19)20)7-11(12)14(17)18/h3-4,7,9,13H,5-6,8H2,1-2H3,(H,17,18). The Morgan fingerprint density at radius 1 is 1.52 bits per heavy atom. The van der Waals surface area contributed by atoms with E-state index in [4.69, 9.17) is 4.74 Å². The van der Waals surface area contributed by atoms with Crippen LogP contribution in [-0.2, 0) is 4.74 Å². The minimum Gasteiger partial charge on any atom is -0.478 e. The second kappa shape index (κ2) is 6.09. The lowest BCUT2D eigenvalue weighted by molar-refractivity contribution is -0.384. The van der Waals surface area contributed by atoms with Gasteiger partial charge in [0.05, 0.1) is 22.3 Å². The van der Waals surface area contributed by atoms with E-state index in [1.165, 1.54) is 12.1 Å². The van der Waals surface area contributed by atoms with E-state index in [2.05, 4.69) is 6.92 Å². The number of carboxylic acid groups (broad SMARTS) is 1. The fourth-order valence-corrected chi connectivity index (χ4v) is 2.64. The van der Waals surface area contributed by atoms with Crippen LogP contribution in [0.25, 0.3) is 0 Å². The molecule has 1 aliphatic rings. The SMILES string of the molecule is COC1CN(c2ccc([N+](=O)[O-])cc2C(=O)O)CCC1C. The predicted octanol–water partition coefficient (Wildman–Crippen LogP) is 2.15. The van der Waals surface area contributed by atoms with Gasteiger partial charge in [0.15, 0.2) is 0 Å². The van der Waals surface area contributed by atoms with Crippen LogP contribution < -0.4 is 4.90 Å². The van der Waals surface area contributed by atoms with E-state index in [9.17, 15) is 20.0 Å². The minimum atomic E-state index is -1.17. The molecule has 7 nitrogen and oxygen atoms in total. The summed E-state index contributed by atoms with van der Waals surface area (Å²) < 4.78 is 5.42. The molecule has 1 saturated heterocycles. The molecule has 0 bridgehead atoms. The predicted molar refractivity (Wildman–Crippen MR) is 76.8 cm³/mol. The van der Waals surface area contributed by atoms with Gasteiger partial charge in [-0.15, -0.1) is 0 Å². The summed E-state index contributed by atoms with van der Waals surface area (Å²) in [5.41, 5.74) is 0.237. The van der Waals surface area contributed by atoms with Crippen molar-refractivity contribution in [3.05, 3.63) is 33.9 Å². The summed E-state index contributed by atoms with van der Waals surface area (Å²) in [6.45, 7) is 3.38. The normalized spacial score (nSPS) is 22.1. The van der Waals surface area contributed by atoms with Crippen molar-refractivity contribution >= 4 is 17.3 Å². The number of hydrogen-bond acceptors (Lipinski definition) is 5. The molecule has 0 spiro atoms. The van der Waals surface area contributed by atoms with Crippen LogP contribution in [0.4, 0.5) is 11.4 Å². The van der Waals surface area contributed by atoms with Crippen molar-refractivity contribution < 1.29 is 19.6 Å². The number of aromatic carboxylic acids is 1. The van der Waals surface area contributed by atoms with Gasteiger partial charge >= 0.3 is 5.97 Å². The lowest BCUT2D eigenvalue weighted by Gasteiger charge is -2.38. The largest absolute Gasteiger partial charge is 0.478 e. The molecule has 1 aromatic carbocycles. The Morgan fingerprint density at radius 3 is 2.81 bits per heavy atom. The fraction of sp³-hybridized carbons (Fsp3) is 0.500. The number of hydrogen-bond donors (Lipinski definition) is 1. The van der Waals surface area contributed by atoms with E-state index in [-0.39, 0.29) is 17.4 Å². The molecule has 7 heteroatoms. The van der Waals surface area contributed by atoms with Gasteiger partial charge in [0.1, 0.15) is 0 Å². The number of benzene rings is 1. The van der Waals surface area contributed by atoms with Crippen molar-refractivity contribution in [2.45, 2.75) is 19.4 Å². The second-order valence-electron chi connectivity index (χ2n) is 5.25. The lowest BCUT2D eigenvalue weighted by Crippen LogP contribution is -2.44. The Balaban J connectivity index is 2.35. The van der Waals surface area contributed by atoms with Crippen LogP contribution >= 0.6 is 0 Å². The topological polar surface area (TPSA) is 92.9 Å². The fourth-order valence-electron chi connectivity index (χ4n) is 2.64. The molecule has 1 heterocycles. The monoisotopic (exact) mass is 294 g/mol. The van der Waals surface area contributed by atoms with Crippen molar-refractivity contribution in [3.63, 3.8) is 0 Å². The average molecular weight is 294 g/mol. The van der Waals surface area contributed by atoms with Gasteiger partial charge in [0.2, 0.25) is 0 Å². The zero-order valence-electron chi connectivity index (χ0n) is 12.0. The molecule has 2 atom stereocenters. The van der Waals surface area contributed by atoms with E-state index in [1.54, 1.807) is 7.11 Å². The zero-order valence-corrected chi connectivity index (χ0v) is 12.0. The Labute approximate surface area is 122 Å². The van der Waals surface area contributed by atoms with Crippen molar-refractivity contribution in [1.29, 1.82) is 0 Å². The number of nitro groups is 1. The van der Waals surface area contributed by atoms with Gasteiger partial charge in [-0.2, -0.15) is 0 Å². The molecule has 0 amide bonds. The van der Waals surface area contributed by atoms with E-state index in [1.807, 2.05) is 4.90 Å². The highest BCUT2D eigenvalue weighted by Gasteiger charge is 2.29. The first-order valence-electron chi connectivity index (χ1n) is 6.73. The summed E-state index contributed by atoms with van der Waals surface area (Å²) in [6.07, 6.45) is 0.907. The molecule has 2 rings (SSSR count). The van der Waals surface area contributed by atoms with Crippen LogP contribution in [0.1, 0.15) is 23.7 Å². The number of ether oxygens (including phenoxy) is 1. The van der Waals surface area contributed by atoms with Gasteiger partial charge in [-0.25, -0.2) is 4.79 Å². The highest BCUT2D eigenvalue weighted by molar-refractivity contribution is 5.95. The van der Waals surface area contributed by atoms with Gasteiger partial charge in [0.25, 0.3) is 5.69 Å². The Hall–Kier alpha value is -2.15. The number of nitro benzene ring substituents is 1. The van der Waals surface area contributed by atoms with Crippen LogP contribution in [0.15, 0.2) is 18.2 Å². The van der Waals surface area contributed by atoms with Gasteiger partial charge in [-0.05, 0) is 18.4 Å². The average Bonchev–Trinajstić information content (AvgIpc) is 2.47. The molecular weight excluding hydrogens is 276 g/mol. The van der Waals surface area contributed by atoms with Crippen molar-refractivity contribution in [3.8, 4) is 0 Å². The van der Waals surface area contributed by atoms with Crippen molar-refractivity contribution in [2.24, 2.45) is 5.92 Å². The number of carboxylic acids is 1. The summed E-state index contributed by atoms with van der Waals surface area (Å²) in [5, 5.41) is 20.1. The van der Waals surface area contributed by atoms with E-state index < -0.39 is 10.9 Å². The maximum absolute atomic E-state index is 11.4. The Kier molecular flexibility index (Phi) is 4.42. The molecule has 0 radical (unpaired) electrons. The zero-order chi connectivity index (χ0) is 15.6. The number of non-ortho nitro benzene ring substituents is 1. The van der Waals surface area contributed by atoms with Crippen LogP contribution in [-0.4, -0.2) is 42.3 Å². The van der Waals surface area contributed by atoms with Gasteiger partial charge < -0.3 is 14.7 Å². The number of nitrogens with zero attached hydrogens (tertiary/aromatic N) is 2. The molecule has 1 fully saturated rings. The first-order valence-corrected chi connectivity index (χ1v) is 6.73. The summed E-state index contributed by atoms with van der Waals surface area (Å²) in [4.78, 5) is 23.5. The highest BCUT2D eigenvalue weighted by Crippen LogP contribution is 2.30. The van der Waals surface area contributed by atoms with Crippen LogP contribution in [0.2, 0.25) is 0 Å². The molecule has 1 aliphatic heterocycles. The quantitative estimate of drug-likeness (QED) is 0.675. The number of piperidine rings is 1. The number of rotatable bonds is 4. The van der Waals surface area contributed by atoms with Crippen molar-refractivity contribution in [1.82, 2.24) is 0 Å². The summed E-state index contributed by atoms with van der Waals surface area (Å²) in [7, 11) is 1.64. The Morgan fingerprint density at radius 2 is 2.24 bits per heavy atom. The van der Waals surface area contributed by atoms with Crippen LogP contribution in [0.5, 0.6) is 0 Å². The molecule has 114 valence electrons. The lowest BCUT2D eigenvalue weighted by atomic mass is 9.95. The van der Waals surface area contributed by atoms with E-state index in [0.29, 0.717) is 24.7 Å². The van der Waals surface area contributed by atoms with E-state index in [0.717, 1.165) is 12.5 Å². The first kappa shape index (κ1) is 15.2. The second-order valence-corrected chi connectivity index (χ2v) is 5.25. The number of carbonyl (C=O) groups is 1. The minimum absolute atomic E-state index is 0.0237. The molecule has 0 saturated carbocycles. The number of anilines is 1. The molecule has 0 aromatic heterocycles. The van der Waals surface area contributed by atoms with E-state index >= 15 is 0 Å². The van der Waals surface area contributed by atoms with Crippen LogP contribution in [0.3, 0.4) is 0 Å².